The number of hydrogen-bond acceptors (Lipinski definition) is 5. The fraction of sp³-hybridized carbons (Fsp3) is 0.280. The molecule has 31 heavy (non-hydrogen) atoms. The number of benzene rings is 2. The number of aryl methyl sites for hydroxylation is 1. The van der Waals surface area contributed by atoms with Crippen LogP contribution in [0.1, 0.15) is 52.9 Å². The largest absolute Gasteiger partial charge is 0.452 e. The van der Waals surface area contributed by atoms with Gasteiger partial charge in [-0.3, -0.25) is 9.78 Å². The maximum absolute atomic E-state index is 13.1. The highest BCUT2D eigenvalue weighted by atomic mass is 16.5. The predicted octanol–water partition coefficient (Wildman–Crippen LogP) is 4.56. The van der Waals surface area contributed by atoms with E-state index in [1.165, 1.54) is 0 Å². The van der Waals surface area contributed by atoms with Crippen molar-refractivity contribution >= 4 is 28.5 Å². The van der Waals surface area contributed by atoms with Gasteiger partial charge in [-0.2, -0.15) is 5.26 Å². The Morgan fingerprint density at radius 2 is 1.74 bits per heavy atom. The Morgan fingerprint density at radius 3 is 2.58 bits per heavy atom. The van der Waals surface area contributed by atoms with E-state index < -0.39 is 18.5 Å². The third kappa shape index (κ3) is 4.56. The number of carbonyl (C=O) groups is 2. The number of hydrogen-bond donors (Lipinski definition) is 1. The van der Waals surface area contributed by atoms with Gasteiger partial charge < -0.3 is 10.1 Å². The zero-order valence-electron chi connectivity index (χ0n) is 17.2. The Bertz CT molecular complexity index is 1180. The van der Waals surface area contributed by atoms with E-state index in [2.05, 4.69) is 5.32 Å². The van der Waals surface area contributed by atoms with Crippen molar-refractivity contribution in [3.63, 3.8) is 0 Å². The maximum Gasteiger partial charge on any atom is 0.339 e. The molecule has 0 fully saturated rings. The summed E-state index contributed by atoms with van der Waals surface area (Å²) in [4.78, 5) is 30.3. The van der Waals surface area contributed by atoms with Gasteiger partial charge in [0, 0.05) is 11.1 Å². The first-order chi connectivity index (χ1) is 15.2. The van der Waals surface area contributed by atoms with Crippen LogP contribution in [-0.2, 0) is 22.4 Å². The molecule has 1 heterocycles. The third-order valence-electron chi connectivity index (χ3n) is 5.53. The van der Waals surface area contributed by atoms with Crippen LogP contribution < -0.4 is 5.32 Å². The van der Waals surface area contributed by atoms with E-state index in [-0.39, 0.29) is 0 Å². The van der Waals surface area contributed by atoms with Gasteiger partial charge in [0.2, 0.25) is 0 Å². The van der Waals surface area contributed by atoms with Crippen LogP contribution in [0.25, 0.3) is 10.9 Å². The summed E-state index contributed by atoms with van der Waals surface area (Å²) in [5.74, 6) is -1.00. The van der Waals surface area contributed by atoms with Crippen molar-refractivity contribution in [1.82, 2.24) is 4.98 Å². The lowest BCUT2D eigenvalue weighted by Gasteiger charge is -2.18. The molecule has 0 bridgehead atoms. The second-order valence-electron chi connectivity index (χ2n) is 7.63. The molecule has 1 aliphatic carbocycles. The van der Waals surface area contributed by atoms with E-state index in [1.54, 1.807) is 24.3 Å². The average molecular weight is 413 g/mol. The highest BCUT2D eigenvalue weighted by molar-refractivity contribution is 6.06. The van der Waals surface area contributed by atoms with Gasteiger partial charge in [-0.15, -0.1) is 0 Å². The van der Waals surface area contributed by atoms with Crippen molar-refractivity contribution in [1.29, 1.82) is 5.26 Å². The fourth-order valence-corrected chi connectivity index (χ4v) is 4.04. The minimum Gasteiger partial charge on any atom is -0.452 e. The average Bonchev–Trinajstić information content (AvgIpc) is 2.77. The standard InChI is InChI=1S/C25H23N3O3/c26-15-17-9-5-7-12-20(17)28-23(29)16-31-25(30)24-18-10-3-1-2-4-13-21(18)27-22-14-8-6-11-19(22)24/h5-9,11-12,14H,1-4,10,13,16H2,(H,28,29). The predicted molar refractivity (Wildman–Crippen MR) is 118 cm³/mol. The molecule has 4 rings (SSSR count). The summed E-state index contributed by atoms with van der Waals surface area (Å²) >= 11 is 0. The highest BCUT2D eigenvalue weighted by Crippen LogP contribution is 2.29. The third-order valence-corrected chi connectivity index (χ3v) is 5.53. The van der Waals surface area contributed by atoms with Crippen LogP contribution in [0, 0.1) is 11.3 Å². The van der Waals surface area contributed by atoms with Crippen molar-refractivity contribution < 1.29 is 14.3 Å². The van der Waals surface area contributed by atoms with Crippen LogP contribution in [0.15, 0.2) is 48.5 Å². The topological polar surface area (TPSA) is 92.1 Å². The first-order valence-electron chi connectivity index (χ1n) is 10.5. The molecule has 0 aliphatic heterocycles. The van der Waals surface area contributed by atoms with Gasteiger partial charge in [-0.05, 0) is 49.4 Å². The molecule has 0 saturated heterocycles. The van der Waals surface area contributed by atoms with Gasteiger partial charge in [-0.25, -0.2) is 4.79 Å². The van der Waals surface area contributed by atoms with Crippen LogP contribution in [0.3, 0.4) is 0 Å². The Hall–Kier alpha value is -3.72. The highest BCUT2D eigenvalue weighted by Gasteiger charge is 2.23. The molecule has 1 aromatic heterocycles. The monoisotopic (exact) mass is 413 g/mol. The van der Waals surface area contributed by atoms with Crippen molar-refractivity contribution in [3.05, 3.63) is 70.9 Å². The quantitative estimate of drug-likeness (QED) is 0.633. The number of nitrogens with zero attached hydrogens (tertiary/aromatic N) is 2. The molecular weight excluding hydrogens is 390 g/mol. The lowest BCUT2D eigenvalue weighted by molar-refractivity contribution is -0.119. The first kappa shape index (κ1) is 20.5. The molecule has 156 valence electrons. The number of carbonyl (C=O) groups excluding carboxylic acids is 2. The number of nitrogens with one attached hydrogen (secondary N) is 1. The number of esters is 1. The minimum atomic E-state index is -0.515. The van der Waals surface area contributed by atoms with E-state index in [0.29, 0.717) is 16.8 Å². The zero-order chi connectivity index (χ0) is 21.6. The lowest BCUT2D eigenvalue weighted by Crippen LogP contribution is -2.22. The molecule has 0 unspecified atom stereocenters. The molecule has 0 spiro atoms. The number of fused-ring (bicyclic) bond motifs is 2. The van der Waals surface area contributed by atoms with Gasteiger partial charge in [-0.1, -0.05) is 43.2 Å². The molecule has 3 aromatic rings. The van der Waals surface area contributed by atoms with Crippen molar-refractivity contribution in [2.24, 2.45) is 0 Å². The zero-order valence-corrected chi connectivity index (χ0v) is 17.2. The van der Waals surface area contributed by atoms with E-state index >= 15 is 0 Å². The summed E-state index contributed by atoms with van der Waals surface area (Å²) < 4.78 is 5.42. The summed E-state index contributed by atoms with van der Waals surface area (Å²) in [6, 6.07) is 16.3. The molecule has 1 aliphatic rings. The van der Waals surface area contributed by atoms with Gasteiger partial charge in [0.05, 0.1) is 22.3 Å². The number of aromatic nitrogens is 1. The van der Waals surface area contributed by atoms with Crippen LogP contribution in [-0.4, -0.2) is 23.5 Å². The minimum absolute atomic E-state index is 0.351. The molecule has 0 saturated carbocycles. The second kappa shape index (κ2) is 9.40. The summed E-state index contributed by atoms with van der Waals surface area (Å²) in [7, 11) is 0. The van der Waals surface area contributed by atoms with E-state index in [0.717, 1.165) is 60.7 Å². The van der Waals surface area contributed by atoms with Crippen molar-refractivity contribution in [2.45, 2.75) is 38.5 Å². The van der Waals surface area contributed by atoms with Gasteiger partial charge >= 0.3 is 5.97 Å². The van der Waals surface area contributed by atoms with Gasteiger partial charge in [0.25, 0.3) is 5.91 Å². The Balaban J connectivity index is 1.58. The molecule has 0 radical (unpaired) electrons. The van der Waals surface area contributed by atoms with Crippen molar-refractivity contribution in [2.75, 3.05) is 11.9 Å². The first-order valence-corrected chi connectivity index (χ1v) is 10.5. The van der Waals surface area contributed by atoms with E-state index in [1.807, 2.05) is 30.3 Å². The molecule has 1 amide bonds. The maximum atomic E-state index is 13.1. The van der Waals surface area contributed by atoms with E-state index in [9.17, 15) is 9.59 Å². The Morgan fingerprint density at radius 1 is 1.00 bits per heavy atom. The lowest BCUT2D eigenvalue weighted by atomic mass is 9.91. The molecule has 2 aromatic carbocycles. The summed E-state index contributed by atoms with van der Waals surface area (Å²) in [5, 5.41) is 12.5. The molecule has 6 heteroatoms. The molecule has 1 N–H and O–H groups in total. The molecule has 6 nitrogen and oxygen atoms in total. The van der Waals surface area contributed by atoms with Crippen LogP contribution in [0.5, 0.6) is 0 Å². The summed E-state index contributed by atoms with van der Waals surface area (Å²) in [6.07, 6.45) is 5.96. The van der Waals surface area contributed by atoms with Gasteiger partial charge in [0.15, 0.2) is 6.61 Å². The van der Waals surface area contributed by atoms with Crippen LogP contribution in [0.4, 0.5) is 5.69 Å². The number of pyridine rings is 1. The fourth-order valence-electron chi connectivity index (χ4n) is 4.04. The number of rotatable bonds is 4. The van der Waals surface area contributed by atoms with Crippen LogP contribution >= 0.6 is 0 Å². The molecular formula is C25H23N3O3. The van der Waals surface area contributed by atoms with Gasteiger partial charge in [0.1, 0.15) is 6.07 Å². The number of para-hydroxylation sites is 2. The van der Waals surface area contributed by atoms with Crippen LogP contribution in [0.2, 0.25) is 0 Å². The summed E-state index contributed by atoms with van der Waals surface area (Å²) in [5.41, 5.74) is 3.93. The Labute approximate surface area is 180 Å². The van der Waals surface area contributed by atoms with E-state index in [4.69, 9.17) is 15.0 Å². The normalized spacial score (nSPS) is 13.4. The molecule has 0 atom stereocenters. The number of amides is 1. The second-order valence-corrected chi connectivity index (χ2v) is 7.63. The number of anilines is 1. The number of nitriles is 1. The summed E-state index contributed by atoms with van der Waals surface area (Å²) in [6.45, 7) is -0.427. The number of ether oxygens (including phenoxy) is 1. The Kier molecular flexibility index (Phi) is 6.23. The smallest absolute Gasteiger partial charge is 0.339 e. The van der Waals surface area contributed by atoms with Crippen molar-refractivity contribution in [3.8, 4) is 6.07 Å². The SMILES string of the molecule is N#Cc1ccccc1NC(=O)COC(=O)c1c2c(nc3ccccc13)CCCCCC2.